The van der Waals surface area contributed by atoms with Gasteiger partial charge in [-0.05, 0) is 90.9 Å². The highest BCUT2D eigenvalue weighted by atomic mass is 16.5. The molecule has 2 aromatic carbocycles. The molecule has 1 heterocycles. The molecule has 3 heteroatoms. The zero-order valence-corrected chi connectivity index (χ0v) is 21.9. The number of hydrogen-bond donors (Lipinski definition) is 0. The average Bonchev–Trinajstić information content (AvgIpc) is 3.20. The monoisotopic (exact) mass is 471 g/mol. The number of likely N-dealkylation sites (tertiary alicyclic amines) is 1. The summed E-state index contributed by atoms with van der Waals surface area (Å²) in [7, 11) is 2.06. The van der Waals surface area contributed by atoms with Gasteiger partial charge in [-0.1, -0.05) is 63.2 Å². The molecule has 1 saturated heterocycles. The third-order valence-corrected chi connectivity index (χ3v) is 11.1. The lowest BCUT2D eigenvalue weighted by molar-refractivity contribution is -0.168. The van der Waals surface area contributed by atoms with E-state index in [1.54, 1.807) is 0 Å². The fourth-order valence-electron chi connectivity index (χ4n) is 9.13. The van der Waals surface area contributed by atoms with Crippen molar-refractivity contribution in [1.29, 1.82) is 0 Å². The predicted octanol–water partition coefficient (Wildman–Crippen LogP) is 7.21. The van der Waals surface area contributed by atoms with Crippen LogP contribution >= 0.6 is 0 Å². The van der Waals surface area contributed by atoms with Crippen molar-refractivity contribution < 1.29 is 9.53 Å². The minimum atomic E-state index is 0.243. The number of carbonyl (C=O) groups is 1. The van der Waals surface area contributed by atoms with Crippen LogP contribution in [0.15, 0.2) is 54.6 Å². The van der Waals surface area contributed by atoms with Gasteiger partial charge in [-0.3, -0.25) is 4.79 Å². The first kappa shape index (κ1) is 23.1. The maximum absolute atomic E-state index is 12.5. The number of benzene rings is 2. The van der Waals surface area contributed by atoms with Crippen molar-refractivity contribution in [2.75, 3.05) is 7.05 Å². The van der Waals surface area contributed by atoms with Crippen LogP contribution in [-0.2, 0) is 4.79 Å². The Bertz CT molecular complexity index is 1080. The highest BCUT2D eigenvalue weighted by molar-refractivity contribution is 5.77. The zero-order chi connectivity index (χ0) is 24.4. The molecule has 3 unspecified atom stereocenters. The average molecular weight is 472 g/mol. The summed E-state index contributed by atoms with van der Waals surface area (Å²) in [4.78, 5) is 14.6. The second kappa shape index (κ2) is 8.39. The number of hydrogen-bond acceptors (Lipinski definition) is 2. The van der Waals surface area contributed by atoms with Gasteiger partial charge >= 0.3 is 0 Å². The zero-order valence-electron chi connectivity index (χ0n) is 21.9. The first-order valence-electron chi connectivity index (χ1n) is 13.9. The number of piperidine rings is 1. The fourth-order valence-corrected chi connectivity index (χ4v) is 9.13. The molecule has 1 aliphatic heterocycles. The van der Waals surface area contributed by atoms with Crippen LogP contribution in [0.2, 0.25) is 0 Å². The lowest BCUT2D eigenvalue weighted by Crippen LogP contribution is -2.63. The van der Waals surface area contributed by atoms with Crippen molar-refractivity contribution in [1.82, 2.24) is 4.90 Å². The van der Waals surface area contributed by atoms with Gasteiger partial charge in [0, 0.05) is 24.9 Å². The first-order chi connectivity index (χ1) is 16.8. The standard InChI is InChI=1S/C32H41NO2/c1-21-20-27-31(2,19-17-29(34)33(27)4)26-16-18-32(3)25(30(21)26)14-15-28(32)35-24-12-10-23(11-13-24)22-8-6-5-7-9-22/h5-13,21,25-28,30H,14-20H2,1-4H3/t21?,25-,26+,27?,28?,30-,31+,32-/m0/s1. The first-order valence-corrected chi connectivity index (χ1v) is 13.9. The minimum absolute atomic E-state index is 0.243. The second-order valence-corrected chi connectivity index (χ2v) is 12.6. The van der Waals surface area contributed by atoms with E-state index in [9.17, 15) is 4.79 Å². The lowest BCUT2D eigenvalue weighted by Gasteiger charge is -2.63. The number of rotatable bonds is 3. The Morgan fingerprint density at radius 3 is 2.29 bits per heavy atom. The Kier molecular flexibility index (Phi) is 5.54. The molecular weight excluding hydrogens is 430 g/mol. The summed E-state index contributed by atoms with van der Waals surface area (Å²) in [5, 5.41) is 0. The van der Waals surface area contributed by atoms with Crippen molar-refractivity contribution in [3.8, 4) is 16.9 Å². The molecular formula is C32H41NO2. The molecule has 8 atom stereocenters. The molecule has 2 aromatic rings. The molecule has 4 fully saturated rings. The van der Waals surface area contributed by atoms with E-state index >= 15 is 0 Å². The van der Waals surface area contributed by atoms with Crippen LogP contribution in [0.4, 0.5) is 0 Å². The molecule has 1 amide bonds. The molecule has 3 saturated carbocycles. The van der Waals surface area contributed by atoms with E-state index in [4.69, 9.17) is 4.74 Å². The highest BCUT2D eigenvalue weighted by Gasteiger charge is 2.63. The van der Waals surface area contributed by atoms with Crippen LogP contribution in [0, 0.1) is 34.5 Å². The lowest BCUT2D eigenvalue weighted by atomic mass is 9.45. The minimum Gasteiger partial charge on any atom is -0.490 e. The van der Waals surface area contributed by atoms with Crippen molar-refractivity contribution in [3.05, 3.63) is 54.6 Å². The molecule has 4 aliphatic rings. The van der Waals surface area contributed by atoms with Gasteiger partial charge in [0.1, 0.15) is 11.9 Å². The van der Waals surface area contributed by atoms with Crippen LogP contribution < -0.4 is 4.74 Å². The molecule has 186 valence electrons. The predicted molar refractivity (Wildman–Crippen MR) is 141 cm³/mol. The maximum Gasteiger partial charge on any atom is 0.222 e. The van der Waals surface area contributed by atoms with Gasteiger partial charge < -0.3 is 9.64 Å². The molecule has 0 radical (unpaired) electrons. The summed E-state index contributed by atoms with van der Waals surface area (Å²) in [6.45, 7) is 7.53. The van der Waals surface area contributed by atoms with Gasteiger partial charge in [0.25, 0.3) is 0 Å². The van der Waals surface area contributed by atoms with Gasteiger partial charge in [-0.15, -0.1) is 0 Å². The van der Waals surface area contributed by atoms with E-state index in [0.29, 0.717) is 24.0 Å². The summed E-state index contributed by atoms with van der Waals surface area (Å²) >= 11 is 0. The van der Waals surface area contributed by atoms with E-state index in [1.807, 2.05) is 0 Å². The van der Waals surface area contributed by atoms with Crippen LogP contribution in [-0.4, -0.2) is 30.0 Å². The third kappa shape index (κ3) is 3.56. The summed E-state index contributed by atoms with van der Waals surface area (Å²) in [6.07, 6.45) is 8.24. The summed E-state index contributed by atoms with van der Waals surface area (Å²) in [6, 6.07) is 19.7. The Labute approximate surface area is 211 Å². The number of carbonyl (C=O) groups excluding carboxylic acids is 1. The van der Waals surface area contributed by atoms with Crippen LogP contribution in [0.1, 0.15) is 65.7 Å². The van der Waals surface area contributed by atoms with E-state index in [0.717, 1.165) is 42.8 Å². The largest absolute Gasteiger partial charge is 0.490 e. The van der Waals surface area contributed by atoms with Crippen LogP contribution in [0.25, 0.3) is 11.1 Å². The van der Waals surface area contributed by atoms with Gasteiger partial charge in [-0.25, -0.2) is 0 Å². The van der Waals surface area contributed by atoms with Crippen molar-refractivity contribution in [2.24, 2.45) is 34.5 Å². The van der Waals surface area contributed by atoms with E-state index in [1.165, 1.54) is 36.8 Å². The fraction of sp³-hybridized carbons (Fsp3) is 0.594. The summed E-state index contributed by atoms with van der Waals surface area (Å²) < 4.78 is 6.76. The molecule has 3 aliphatic carbocycles. The molecule has 35 heavy (non-hydrogen) atoms. The Balaban J connectivity index is 1.21. The smallest absolute Gasteiger partial charge is 0.222 e. The highest BCUT2D eigenvalue weighted by Crippen LogP contribution is 2.66. The number of fused-ring (bicyclic) bond motifs is 5. The maximum atomic E-state index is 12.5. The molecule has 0 spiro atoms. The molecule has 0 aromatic heterocycles. The number of nitrogens with zero attached hydrogens (tertiary/aromatic N) is 1. The number of amides is 1. The van der Waals surface area contributed by atoms with Gasteiger partial charge in [-0.2, -0.15) is 0 Å². The Morgan fingerprint density at radius 2 is 1.54 bits per heavy atom. The van der Waals surface area contributed by atoms with Crippen molar-refractivity contribution >= 4 is 5.91 Å². The molecule has 3 nitrogen and oxygen atoms in total. The van der Waals surface area contributed by atoms with Gasteiger partial charge in [0.15, 0.2) is 0 Å². The van der Waals surface area contributed by atoms with Crippen LogP contribution in [0.3, 0.4) is 0 Å². The van der Waals surface area contributed by atoms with E-state index in [-0.39, 0.29) is 10.8 Å². The Morgan fingerprint density at radius 1 is 0.857 bits per heavy atom. The normalized spacial score (nSPS) is 40.6. The van der Waals surface area contributed by atoms with E-state index < -0.39 is 0 Å². The summed E-state index contributed by atoms with van der Waals surface area (Å²) in [5.74, 6) is 4.24. The quantitative estimate of drug-likeness (QED) is 0.473. The number of ether oxygens (including phenoxy) is 1. The molecule has 6 rings (SSSR count). The van der Waals surface area contributed by atoms with E-state index in [2.05, 4.69) is 87.3 Å². The van der Waals surface area contributed by atoms with Crippen LogP contribution in [0.5, 0.6) is 5.75 Å². The third-order valence-electron chi connectivity index (χ3n) is 11.1. The van der Waals surface area contributed by atoms with Crippen molar-refractivity contribution in [3.63, 3.8) is 0 Å². The van der Waals surface area contributed by atoms with Gasteiger partial charge in [0.05, 0.1) is 0 Å². The van der Waals surface area contributed by atoms with Crippen molar-refractivity contribution in [2.45, 2.75) is 77.9 Å². The summed E-state index contributed by atoms with van der Waals surface area (Å²) in [5.41, 5.74) is 3.00. The Hall–Kier alpha value is -2.29. The second-order valence-electron chi connectivity index (χ2n) is 12.6. The molecule has 0 N–H and O–H groups in total. The SMILES string of the molecule is CC1CC2N(C)C(=O)CC[C@]2(C)[C@@H]2CC[C@]3(C)C(Oc4ccc(-c5ccccc5)cc4)CC[C@H]3[C@H]12. The topological polar surface area (TPSA) is 29.5 Å². The van der Waals surface area contributed by atoms with Gasteiger partial charge in [0.2, 0.25) is 5.91 Å². The molecule has 0 bridgehead atoms.